The minimum absolute atomic E-state index is 0.00130. The molecule has 162 valence electrons. The fourth-order valence-corrected chi connectivity index (χ4v) is 3.29. The second-order valence-electron chi connectivity index (χ2n) is 8.40. The molecule has 0 bridgehead atoms. The van der Waals surface area contributed by atoms with Crippen LogP contribution in [-0.4, -0.2) is 28.8 Å². The molecule has 0 heterocycles. The van der Waals surface area contributed by atoms with E-state index in [1.54, 1.807) is 4.90 Å². The lowest BCUT2D eigenvalue weighted by Crippen LogP contribution is -2.49. The summed E-state index contributed by atoms with van der Waals surface area (Å²) in [6.07, 6.45) is 1.91. The third-order valence-electron chi connectivity index (χ3n) is 5.64. The number of carbonyl (C=O) groups is 2. The summed E-state index contributed by atoms with van der Waals surface area (Å²) in [7, 11) is 0. The summed E-state index contributed by atoms with van der Waals surface area (Å²) in [6, 6.07) is 17.9. The lowest BCUT2D eigenvalue weighted by molar-refractivity contribution is -0.140. The van der Waals surface area contributed by atoms with Gasteiger partial charge in [-0.25, -0.2) is 0 Å². The first kappa shape index (κ1) is 23.7. The summed E-state index contributed by atoms with van der Waals surface area (Å²) in [4.78, 5) is 27.6. The molecule has 0 unspecified atom stereocenters. The largest absolute Gasteiger partial charge is 0.352 e. The van der Waals surface area contributed by atoms with Gasteiger partial charge in [0.1, 0.15) is 6.04 Å². The molecule has 0 saturated heterocycles. The minimum atomic E-state index is -0.518. The molecule has 0 radical (unpaired) electrons. The van der Waals surface area contributed by atoms with Gasteiger partial charge in [0, 0.05) is 19.0 Å². The SMILES string of the molecule is CC[C@@H](C)NC(=O)[C@H](C)N(Cc1ccccc1)C(=O)CCc1ccc(C(C)C)cc1. The second kappa shape index (κ2) is 11.5. The van der Waals surface area contributed by atoms with E-state index in [2.05, 4.69) is 43.4 Å². The van der Waals surface area contributed by atoms with Crippen LogP contribution in [0.15, 0.2) is 54.6 Å². The van der Waals surface area contributed by atoms with Crippen LogP contribution in [0, 0.1) is 0 Å². The van der Waals surface area contributed by atoms with Crippen molar-refractivity contribution in [2.75, 3.05) is 0 Å². The molecule has 0 aromatic heterocycles. The van der Waals surface area contributed by atoms with Crippen molar-refractivity contribution in [3.63, 3.8) is 0 Å². The maximum Gasteiger partial charge on any atom is 0.242 e. The average molecular weight is 409 g/mol. The van der Waals surface area contributed by atoms with Crippen LogP contribution < -0.4 is 5.32 Å². The van der Waals surface area contributed by atoms with Crippen LogP contribution in [0.1, 0.15) is 70.1 Å². The number of amides is 2. The van der Waals surface area contributed by atoms with E-state index < -0.39 is 6.04 Å². The quantitative estimate of drug-likeness (QED) is 0.596. The van der Waals surface area contributed by atoms with Crippen LogP contribution in [0.2, 0.25) is 0 Å². The van der Waals surface area contributed by atoms with Crippen LogP contribution >= 0.6 is 0 Å². The predicted octanol–water partition coefficient (Wildman–Crippen LogP) is 5.07. The molecule has 2 aromatic rings. The standard InChI is InChI=1S/C26H36N2O2/c1-6-20(4)27-26(30)21(5)28(18-23-10-8-7-9-11-23)25(29)17-14-22-12-15-24(16-13-22)19(2)3/h7-13,15-16,19-21H,6,14,17-18H2,1-5H3,(H,27,30)/t20-,21+/m1/s1. The molecule has 0 aliphatic heterocycles. The van der Waals surface area contributed by atoms with Crippen LogP contribution in [0.4, 0.5) is 0 Å². The molecule has 0 fully saturated rings. The van der Waals surface area contributed by atoms with Gasteiger partial charge in [-0.2, -0.15) is 0 Å². The first-order valence-corrected chi connectivity index (χ1v) is 11.0. The molecule has 1 N–H and O–H groups in total. The molecule has 4 heteroatoms. The molecule has 2 atom stereocenters. The highest BCUT2D eigenvalue weighted by Gasteiger charge is 2.26. The molecule has 4 nitrogen and oxygen atoms in total. The smallest absolute Gasteiger partial charge is 0.242 e. The number of nitrogens with zero attached hydrogens (tertiary/aromatic N) is 1. The zero-order chi connectivity index (χ0) is 22.1. The number of carbonyl (C=O) groups excluding carboxylic acids is 2. The fraction of sp³-hybridized carbons (Fsp3) is 0.462. The van der Waals surface area contributed by atoms with Crippen LogP contribution in [0.25, 0.3) is 0 Å². The third-order valence-corrected chi connectivity index (χ3v) is 5.64. The van der Waals surface area contributed by atoms with Gasteiger partial charge in [0.25, 0.3) is 0 Å². The van der Waals surface area contributed by atoms with Crippen LogP contribution in [-0.2, 0) is 22.6 Å². The third kappa shape index (κ3) is 7.01. The molecule has 2 rings (SSSR count). The summed E-state index contributed by atoms with van der Waals surface area (Å²) >= 11 is 0. The maximum atomic E-state index is 13.1. The lowest BCUT2D eigenvalue weighted by atomic mass is 10.00. The van der Waals surface area contributed by atoms with Crippen molar-refractivity contribution in [2.45, 2.75) is 78.4 Å². The number of benzene rings is 2. The van der Waals surface area contributed by atoms with Gasteiger partial charge in [0.15, 0.2) is 0 Å². The maximum absolute atomic E-state index is 13.1. The van der Waals surface area contributed by atoms with E-state index in [1.807, 2.05) is 51.1 Å². The van der Waals surface area contributed by atoms with Crippen molar-refractivity contribution >= 4 is 11.8 Å². The van der Waals surface area contributed by atoms with Gasteiger partial charge in [-0.05, 0) is 49.3 Å². The molecule has 0 aliphatic carbocycles. The average Bonchev–Trinajstić information content (AvgIpc) is 2.76. The van der Waals surface area contributed by atoms with E-state index in [1.165, 1.54) is 5.56 Å². The highest BCUT2D eigenvalue weighted by molar-refractivity contribution is 5.87. The molecule has 0 saturated carbocycles. The fourth-order valence-electron chi connectivity index (χ4n) is 3.29. The highest BCUT2D eigenvalue weighted by Crippen LogP contribution is 2.17. The summed E-state index contributed by atoms with van der Waals surface area (Å²) in [5.74, 6) is 0.389. The monoisotopic (exact) mass is 408 g/mol. The molecular formula is C26H36N2O2. The van der Waals surface area contributed by atoms with E-state index in [4.69, 9.17) is 0 Å². The molecular weight excluding hydrogens is 372 g/mol. The zero-order valence-electron chi connectivity index (χ0n) is 19.0. The lowest BCUT2D eigenvalue weighted by Gasteiger charge is -2.29. The molecule has 30 heavy (non-hydrogen) atoms. The Morgan fingerprint density at radius 3 is 2.10 bits per heavy atom. The number of hydrogen-bond donors (Lipinski definition) is 1. The van der Waals surface area contributed by atoms with E-state index in [-0.39, 0.29) is 17.9 Å². The van der Waals surface area contributed by atoms with Gasteiger partial charge in [-0.1, -0.05) is 75.4 Å². The van der Waals surface area contributed by atoms with E-state index in [9.17, 15) is 9.59 Å². The van der Waals surface area contributed by atoms with Crippen molar-refractivity contribution in [3.8, 4) is 0 Å². The van der Waals surface area contributed by atoms with Crippen molar-refractivity contribution in [1.29, 1.82) is 0 Å². The van der Waals surface area contributed by atoms with Crippen LogP contribution in [0.5, 0.6) is 0 Å². The Balaban J connectivity index is 2.09. The molecule has 2 aromatic carbocycles. The van der Waals surface area contributed by atoms with Crippen molar-refractivity contribution in [3.05, 3.63) is 71.3 Å². The second-order valence-corrected chi connectivity index (χ2v) is 8.40. The number of aryl methyl sites for hydroxylation is 1. The zero-order valence-corrected chi connectivity index (χ0v) is 19.0. The van der Waals surface area contributed by atoms with E-state index in [0.717, 1.165) is 17.5 Å². The van der Waals surface area contributed by atoms with Gasteiger partial charge in [-0.3, -0.25) is 9.59 Å². The van der Waals surface area contributed by atoms with E-state index >= 15 is 0 Å². The first-order valence-electron chi connectivity index (χ1n) is 11.0. The van der Waals surface area contributed by atoms with Gasteiger partial charge in [0.05, 0.1) is 0 Å². The highest BCUT2D eigenvalue weighted by atomic mass is 16.2. The topological polar surface area (TPSA) is 49.4 Å². The Labute approximate surface area is 181 Å². The molecule has 0 spiro atoms. The van der Waals surface area contributed by atoms with Gasteiger partial charge < -0.3 is 10.2 Å². The Kier molecular flexibility index (Phi) is 9.10. The summed E-state index contributed by atoms with van der Waals surface area (Å²) in [5.41, 5.74) is 3.46. The summed E-state index contributed by atoms with van der Waals surface area (Å²) in [5, 5.41) is 3.01. The normalized spacial score (nSPS) is 13.0. The van der Waals surface area contributed by atoms with Crippen molar-refractivity contribution in [1.82, 2.24) is 10.2 Å². The summed E-state index contributed by atoms with van der Waals surface area (Å²) in [6.45, 7) is 10.6. The Morgan fingerprint density at radius 1 is 0.900 bits per heavy atom. The van der Waals surface area contributed by atoms with Gasteiger partial charge >= 0.3 is 0 Å². The number of nitrogens with one attached hydrogen (secondary N) is 1. The van der Waals surface area contributed by atoms with Crippen LogP contribution in [0.3, 0.4) is 0 Å². The van der Waals surface area contributed by atoms with Crippen molar-refractivity contribution in [2.24, 2.45) is 0 Å². The predicted molar refractivity (Wildman–Crippen MR) is 123 cm³/mol. The minimum Gasteiger partial charge on any atom is -0.352 e. The van der Waals surface area contributed by atoms with Gasteiger partial charge in [0.2, 0.25) is 11.8 Å². The molecule has 0 aliphatic rings. The Hall–Kier alpha value is -2.62. The first-order chi connectivity index (χ1) is 14.3. The Morgan fingerprint density at radius 2 is 1.53 bits per heavy atom. The number of hydrogen-bond acceptors (Lipinski definition) is 2. The van der Waals surface area contributed by atoms with Crippen molar-refractivity contribution < 1.29 is 9.59 Å². The summed E-state index contributed by atoms with van der Waals surface area (Å²) < 4.78 is 0. The molecule has 2 amide bonds. The number of rotatable bonds is 10. The van der Waals surface area contributed by atoms with Gasteiger partial charge in [-0.15, -0.1) is 0 Å². The Bertz CT molecular complexity index is 800. The van der Waals surface area contributed by atoms with E-state index in [0.29, 0.717) is 25.3 Å².